The summed E-state index contributed by atoms with van der Waals surface area (Å²) < 4.78 is 1.93. The lowest BCUT2D eigenvalue weighted by Crippen LogP contribution is -2.51. The van der Waals surface area contributed by atoms with Crippen LogP contribution in [0.1, 0.15) is 55.7 Å². The number of hydrogen-bond acceptors (Lipinski definition) is 3. The van der Waals surface area contributed by atoms with Crippen LogP contribution < -0.4 is 5.56 Å². The van der Waals surface area contributed by atoms with Gasteiger partial charge in [-0.25, -0.2) is 0 Å². The van der Waals surface area contributed by atoms with E-state index < -0.39 is 0 Å². The van der Waals surface area contributed by atoms with Gasteiger partial charge in [0, 0.05) is 48.8 Å². The number of rotatable bonds is 2. The molecule has 5 heteroatoms. The Morgan fingerprint density at radius 2 is 1.87 bits per heavy atom. The van der Waals surface area contributed by atoms with E-state index in [1.807, 2.05) is 28.8 Å². The van der Waals surface area contributed by atoms with E-state index in [1.54, 1.807) is 12.1 Å². The molecular weight excluding hydrogens is 374 g/mol. The van der Waals surface area contributed by atoms with Crippen LogP contribution in [0.5, 0.6) is 0 Å². The summed E-state index contributed by atoms with van der Waals surface area (Å²) in [6.45, 7) is 2.14. The maximum absolute atomic E-state index is 13.2. The van der Waals surface area contributed by atoms with Gasteiger partial charge in [-0.15, -0.1) is 0 Å². The van der Waals surface area contributed by atoms with E-state index in [9.17, 15) is 14.9 Å². The molecule has 154 valence electrons. The minimum Gasteiger partial charge on any atom is -0.341 e. The fraction of sp³-hybridized carbons (Fsp3) is 0.480. The number of carbonyl (C=O) groups is 1. The highest BCUT2D eigenvalue weighted by molar-refractivity contribution is 5.79. The molecule has 3 aliphatic rings. The maximum atomic E-state index is 13.2. The molecule has 0 radical (unpaired) electrons. The molecule has 5 rings (SSSR count). The molecule has 0 N–H and O–H groups in total. The molecule has 1 aromatic carbocycles. The summed E-state index contributed by atoms with van der Waals surface area (Å²) in [5.41, 5.74) is 3.67. The van der Waals surface area contributed by atoms with Crippen LogP contribution in [0.4, 0.5) is 0 Å². The van der Waals surface area contributed by atoms with Crippen molar-refractivity contribution in [2.24, 2.45) is 11.8 Å². The lowest BCUT2D eigenvalue weighted by molar-refractivity contribution is -0.139. The summed E-state index contributed by atoms with van der Waals surface area (Å²) in [6.07, 6.45) is 6.63. The largest absolute Gasteiger partial charge is 0.341 e. The number of piperidine rings is 1. The average Bonchev–Trinajstić information content (AvgIpc) is 2.79. The van der Waals surface area contributed by atoms with Crippen molar-refractivity contribution in [1.29, 1.82) is 5.26 Å². The van der Waals surface area contributed by atoms with Crippen molar-refractivity contribution in [3.8, 4) is 17.2 Å². The van der Waals surface area contributed by atoms with Crippen molar-refractivity contribution in [3.05, 3.63) is 58.0 Å². The predicted molar refractivity (Wildman–Crippen MR) is 115 cm³/mol. The van der Waals surface area contributed by atoms with Gasteiger partial charge in [-0.2, -0.15) is 5.26 Å². The van der Waals surface area contributed by atoms with E-state index in [0.717, 1.165) is 55.5 Å². The number of likely N-dealkylation sites (tertiary alicyclic amines) is 1. The zero-order valence-electron chi connectivity index (χ0n) is 17.2. The molecule has 2 aliphatic heterocycles. The first-order chi connectivity index (χ1) is 14.6. The van der Waals surface area contributed by atoms with E-state index >= 15 is 0 Å². The average molecular weight is 402 g/mol. The van der Waals surface area contributed by atoms with Crippen LogP contribution in [0.2, 0.25) is 0 Å². The minimum atomic E-state index is 0.0342. The zero-order chi connectivity index (χ0) is 20.7. The third-order valence-corrected chi connectivity index (χ3v) is 7.16. The third-order valence-electron chi connectivity index (χ3n) is 7.16. The summed E-state index contributed by atoms with van der Waals surface area (Å²) in [6, 6.07) is 13.3. The number of amides is 1. The summed E-state index contributed by atoms with van der Waals surface area (Å²) in [5.74, 6) is 1.01. The van der Waals surface area contributed by atoms with Crippen LogP contribution in [0.3, 0.4) is 0 Å². The summed E-state index contributed by atoms with van der Waals surface area (Å²) in [5, 5.41) is 9.30. The summed E-state index contributed by atoms with van der Waals surface area (Å²) in [4.78, 5) is 28.0. The lowest BCUT2D eigenvalue weighted by atomic mass is 9.79. The van der Waals surface area contributed by atoms with Crippen LogP contribution in [-0.2, 0) is 11.3 Å². The monoisotopic (exact) mass is 401 g/mol. The Labute approximate surface area is 176 Å². The minimum absolute atomic E-state index is 0.0342. The van der Waals surface area contributed by atoms with Crippen LogP contribution in [0, 0.1) is 23.2 Å². The second-order valence-electron chi connectivity index (χ2n) is 9.15. The Hall–Kier alpha value is -2.87. The number of hydrogen-bond donors (Lipinski definition) is 0. The molecule has 1 saturated carbocycles. The Morgan fingerprint density at radius 3 is 2.67 bits per heavy atom. The zero-order valence-corrected chi connectivity index (χ0v) is 17.2. The third kappa shape index (κ3) is 3.35. The maximum Gasteiger partial charge on any atom is 0.250 e. The van der Waals surface area contributed by atoms with Gasteiger partial charge < -0.3 is 9.47 Å². The van der Waals surface area contributed by atoms with Gasteiger partial charge in [-0.1, -0.05) is 31.4 Å². The number of aromatic nitrogens is 1. The standard InChI is InChI=1S/C25H27N3O2/c26-13-17-5-4-8-20(11-17)22-9-10-23(29)28-15-18-12-21(24(22)28)16-27(14-18)25(30)19-6-2-1-3-7-19/h4-5,8-11,18-19,21H,1-3,6-7,12,14-16H2/t18-,21-/m0/s1. The van der Waals surface area contributed by atoms with Crippen molar-refractivity contribution in [3.63, 3.8) is 0 Å². The molecule has 3 heterocycles. The van der Waals surface area contributed by atoms with Crippen molar-refractivity contribution < 1.29 is 4.79 Å². The van der Waals surface area contributed by atoms with E-state index in [4.69, 9.17) is 0 Å². The number of carbonyl (C=O) groups excluding carboxylic acids is 1. The Morgan fingerprint density at radius 1 is 1.03 bits per heavy atom. The van der Waals surface area contributed by atoms with E-state index in [2.05, 4.69) is 11.0 Å². The number of nitrogens with zero attached hydrogens (tertiary/aromatic N) is 3. The lowest BCUT2D eigenvalue weighted by Gasteiger charge is -2.44. The summed E-state index contributed by atoms with van der Waals surface area (Å²) in [7, 11) is 0. The fourth-order valence-corrected chi connectivity index (χ4v) is 5.80. The molecule has 1 saturated heterocycles. The molecule has 1 amide bonds. The number of nitriles is 1. The molecular formula is C25H27N3O2. The van der Waals surface area contributed by atoms with Gasteiger partial charge in [0.25, 0.3) is 5.56 Å². The van der Waals surface area contributed by atoms with Crippen molar-refractivity contribution in [1.82, 2.24) is 9.47 Å². The van der Waals surface area contributed by atoms with Gasteiger partial charge in [0.15, 0.2) is 0 Å². The van der Waals surface area contributed by atoms with Crippen molar-refractivity contribution >= 4 is 5.91 Å². The van der Waals surface area contributed by atoms with Crippen LogP contribution in [0.15, 0.2) is 41.2 Å². The van der Waals surface area contributed by atoms with Gasteiger partial charge in [0.05, 0.1) is 11.6 Å². The van der Waals surface area contributed by atoms with Crippen LogP contribution >= 0.6 is 0 Å². The first kappa shape index (κ1) is 19.1. The van der Waals surface area contributed by atoms with Gasteiger partial charge in [-0.3, -0.25) is 9.59 Å². The second-order valence-corrected chi connectivity index (χ2v) is 9.15. The molecule has 0 spiro atoms. The van der Waals surface area contributed by atoms with Gasteiger partial charge in [0.1, 0.15) is 0 Å². The molecule has 2 fully saturated rings. The summed E-state index contributed by atoms with van der Waals surface area (Å²) >= 11 is 0. The first-order valence-electron chi connectivity index (χ1n) is 11.2. The molecule has 1 aromatic heterocycles. The molecule has 2 aromatic rings. The van der Waals surface area contributed by atoms with Crippen LogP contribution in [-0.4, -0.2) is 28.5 Å². The number of fused-ring (bicyclic) bond motifs is 4. The first-order valence-corrected chi connectivity index (χ1v) is 11.2. The van der Waals surface area contributed by atoms with E-state index in [0.29, 0.717) is 30.5 Å². The van der Waals surface area contributed by atoms with Crippen LogP contribution in [0.25, 0.3) is 11.1 Å². The molecule has 0 unspecified atom stereocenters. The second kappa shape index (κ2) is 7.75. The highest BCUT2D eigenvalue weighted by Gasteiger charge is 2.39. The number of benzene rings is 1. The molecule has 5 nitrogen and oxygen atoms in total. The number of pyridine rings is 1. The van der Waals surface area contributed by atoms with Gasteiger partial charge in [0.2, 0.25) is 5.91 Å². The fourth-order valence-electron chi connectivity index (χ4n) is 5.80. The molecule has 1 aliphatic carbocycles. The quantitative estimate of drug-likeness (QED) is 0.766. The topological polar surface area (TPSA) is 66.1 Å². The SMILES string of the molecule is N#Cc1cccc(-c2ccc(=O)n3c2[C@H]2C[C@@H](CN(C(=O)C4CCCCC4)C2)C3)c1. The highest BCUT2D eigenvalue weighted by atomic mass is 16.2. The van der Waals surface area contributed by atoms with Crippen molar-refractivity contribution in [2.45, 2.75) is 51.0 Å². The molecule has 2 atom stereocenters. The predicted octanol–water partition coefficient (Wildman–Crippen LogP) is 3.91. The highest BCUT2D eigenvalue weighted by Crippen LogP contribution is 2.41. The Balaban J connectivity index is 1.51. The normalized spacial score (nSPS) is 23.5. The Bertz CT molecular complexity index is 1070. The van der Waals surface area contributed by atoms with E-state index in [1.165, 1.54) is 6.42 Å². The molecule has 2 bridgehead atoms. The smallest absolute Gasteiger partial charge is 0.250 e. The van der Waals surface area contributed by atoms with E-state index in [-0.39, 0.29) is 17.4 Å². The van der Waals surface area contributed by atoms with Gasteiger partial charge in [-0.05, 0) is 48.9 Å². The van der Waals surface area contributed by atoms with Crippen molar-refractivity contribution in [2.75, 3.05) is 13.1 Å². The molecule has 30 heavy (non-hydrogen) atoms. The Kier molecular flexibility index (Phi) is 4.94. The van der Waals surface area contributed by atoms with Gasteiger partial charge >= 0.3 is 0 Å².